The molecule has 2 N–H and O–H groups in total. The Kier molecular flexibility index (Phi) is 5.69. The van der Waals surface area contributed by atoms with Gasteiger partial charge in [0.1, 0.15) is 5.75 Å². The molecule has 2 amide bonds. The molecule has 1 aliphatic carbocycles. The molecule has 4 rings (SSSR count). The fraction of sp³-hybridized carbons (Fsp3) is 0.391. The van der Waals surface area contributed by atoms with Gasteiger partial charge in [0.15, 0.2) is 0 Å². The molecular weight excluding hydrogens is 366 g/mol. The maximum Gasteiger partial charge on any atom is 0.255 e. The highest BCUT2D eigenvalue weighted by Crippen LogP contribution is 2.29. The monoisotopic (exact) mass is 393 g/mol. The average molecular weight is 393 g/mol. The zero-order valence-corrected chi connectivity index (χ0v) is 16.7. The minimum absolute atomic E-state index is 0.0615. The lowest BCUT2D eigenvalue weighted by Crippen LogP contribution is -2.33. The van der Waals surface area contributed by atoms with Gasteiger partial charge in [-0.3, -0.25) is 9.59 Å². The van der Waals surface area contributed by atoms with E-state index in [0.717, 1.165) is 44.5 Å². The molecule has 0 spiro atoms. The molecular formula is C23H27N3O3. The number of hydrogen-bond donors (Lipinski definition) is 2. The average Bonchev–Trinajstić information content (AvgIpc) is 3.58. The second-order valence-corrected chi connectivity index (χ2v) is 7.71. The van der Waals surface area contributed by atoms with E-state index in [-0.39, 0.29) is 17.9 Å². The SMILES string of the molecule is COc1ccc(C(=O)Nc2ccc(N3CCCCC3)c(C(=O)NC3CC3)c2)cc1. The molecule has 1 heterocycles. The summed E-state index contributed by atoms with van der Waals surface area (Å²) in [5.74, 6) is 0.423. The first-order valence-electron chi connectivity index (χ1n) is 10.3. The number of nitrogens with zero attached hydrogens (tertiary/aromatic N) is 1. The summed E-state index contributed by atoms with van der Waals surface area (Å²) >= 11 is 0. The number of anilines is 2. The predicted octanol–water partition coefficient (Wildman–Crippen LogP) is 3.83. The zero-order valence-electron chi connectivity index (χ0n) is 16.7. The van der Waals surface area contributed by atoms with Gasteiger partial charge in [-0.2, -0.15) is 0 Å². The number of carbonyl (C=O) groups excluding carboxylic acids is 2. The molecule has 6 nitrogen and oxygen atoms in total. The van der Waals surface area contributed by atoms with Gasteiger partial charge < -0.3 is 20.3 Å². The molecule has 1 saturated heterocycles. The number of benzene rings is 2. The van der Waals surface area contributed by atoms with E-state index in [4.69, 9.17) is 4.74 Å². The van der Waals surface area contributed by atoms with Crippen LogP contribution >= 0.6 is 0 Å². The van der Waals surface area contributed by atoms with Gasteiger partial charge in [-0.1, -0.05) is 0 Å². The zero-order chi connectivity index (χ0) is 20.2. The summed E-state index contributed by atoms with van der Waals surface area (Å²) in [5.41, 5.74) is 2.74. The minimum atomic E-state index is -0.216. The number of nitrogens with one attached hydrogen (secondary N) is 2. The van der Waals surface area contributed by atoms with E-state index in [2.05, 4.69) is 15.5 Å². The first-order valence-corrected chi connectivity index (χ1v) is 10.3. The van der Waals surface area contributed by atoms with E-state index >= 15 is 0 Å². The van der Waals surface area contributed by atoms with Crippen LogP contribution in [-0.2, 0) is 0 Å². The maximum absolute atomic E-state index is 12.9. The van der Waals surface area contributed by atoms with Crippen molar-refractivity contribution in [1.82, 2.24) is 5.32 Å². The number of methoxy groups -OCH3 is 1. The molecule has 2 fully saturated rings. The maximum atomic E-state index is 12.9. The molecule has 0 radical (unpaired) electrons. The number of rotatable bonds is 6. The van der Waals surface area contributed by atoms with E-state index in [1.807, 2.05) is 12.1 Å². The van der Waals surface area contributed by atoms with Crippen LogP contribution in [-0.4, -0.2) is 38.1 Å². The Balaban J connectivity index is 1.56. The van der Waals surface area contributed by atoms with Crippen molar-refractivity contribution in [1.29, 1.82) is 0 Å². The first-order chi connectivity index (χ1) is 14.1. The summed E-state index contributed by atoms with van der Waals surface area (Å²) in [6, 6.07) is 12.9. The normalized spacial score (nSPS) is 16.2. The lowest BCUT2D eigenvalue weighted by molar-refractivity contribution is 0.0950. The van der Waals surface area contributed by atoms with Crippen molar-refractivity contribution in [3.8, 4) is 5.75 Å². The first kappa shape index (κ1) is 19.3. The van der Waals surface area contributed by atoms with Crippen molar-refractivity contribution < 1.29 is 14.3 Å². The van der Waals surface area contributed by atoms with E-state index < -0.39 is 0 Å². The Labute approximate surface area is 171 Å². The lowest BCUT2D eigenvalue weighted by Gasteiger charge is -2.30. The van der Waals surface area contributed by atoms with Crippen LogP contribution in [0, 0.1) is 0 Å². The highest BCUT2D eigenvalue weighted by molar-refractivity contribution is 6.06. The van der Waals surface area contributed by atoms with Crippen LogP contribution in [0.4, 0.5) is 11.4 Å². The minimum Gasteiger partial charge on any atom is -0.497 e. The van der Waals surface area contributed by atoms with Crippen molar-refractivity contribution in [3.05, 3.63) is 53.6 Å². The molecule has 0 bridgehead atoms. The van der Waals surface area contributed by atoms with Gasteiger partial charge in [-0.15, -0.1) is 0 Å². The Morgan fingerprint density at radius 3 is 2.34 bits per heavy atom. The molecule has 1 aliphatic heterocycles. The number of amides is 2. The van der Waals surface area contributed by atoms with Crippen molar-refractivity contribution >= 4 is 23.2 Å². The third kappa shape index (κ3) is 4.70. The summed E-state index contributed by atoms with van der Waals surface area (Å²) in [5, 5.41) is 5.99. The van der Waals surface area contributed by atoms with E-state index in [1.54, 1.807) is 37.4 Å². The molecule has 2 aliphatic rings. The van der Waals surface area contributed by atoms with Gasteiger partial charge in [0.2, 0.25) is 0 Å². The Hall–Kier alpha value is -3.02. The molecule has 0 atom stereocenters. The highest BCUT2D eigenvalue weighted by atomic mass is 16.5. The summed E-state index contributed by atoms with van der Waals surface area (Å²) in [4.78, 5) is 27.8. The van der Waals surface area contributed by atoms with Gasteiger partial charge in [-0.25, -0.2) is 0 Å². The topological polar surface area (TPSA) is 70.7 Å². The fourth-order valence-electron chi connectivity index (χ4n) is 3.64. The summed E-state index contributed by atoms with van der Waals surface area (Å²) < 4.78 is 5.14. The van der Waals surface area contributed by atoms with Crippen molar-refractivity contribution in [2.75, 3.05) is 30.4 Å². The Morgan fingerprint density at radius 1 is 0.966 bits per heavy atom. The van der Waals surface area contributed by atoms with Crippen LogP contribution in [0.25, 0.3) is 0 Å². The summed E-state index contributed by atoms with van der Waals surface area (Å²) in [7, 11) is 1.59. The third-order valence-corrected chi connectivity index (χ3v) is 5.46. The number of piperidine rings is 1. The standard InChI is InChI=1S/C23H27N3O3/c1-29-19-10-5-16(6-11-19)22(27)25-18-9-12-21(26-13-3-2-4-14-26)20(15-18)23(28)24-17-7-8-17/h5-6,9-12,15,17H,2-4,7-8,13-14H2,1H3,(H,24,28)(H,25,27). The molecule has 152 valence electrons. The van der Waals surface area contributed by atoms with Gasteiger partial charge in [0.05, 0.1) is 12.7 Å². The number of carbonyl (C=O) groups is 2. The summed E-state index contributed by atoms with van der Waals surface area (Å²) in [6.07, 6.45) is 5.59. The lowest BCUT2D eigenvalue weighted by atomic mass is 10.1. The third-order valence-electron chi connectivity index (χ3n) is 5.46. The Morgan fingerprint density at radius 2 is 1.69 bits per heavy atom. The van der Waals surface area contributed by atoms with E-state index in [9.17, 15) is 9.59 Å². The second kappa shape index (κ2) is 8.55. The fourth-order valence-corrected chi connectivity index (χ4v) is 3.64. The smallest absolute Gasteiger partial charge is 0.255 e. The number of ether oxygens (including phenoxy) is 1. The van der Waals surface area contributed by atoms with Gasteiger partial charge >= 0.3 is 0 Å². The number of hydrogen-bond acceptors (Lipinski definition) is 4. The molecule has 2 aromatic rings. The van der Waals surface area contributed by atoms with Crippen LogP contribution in [0.3, 0.4) is 0 Å². The van der Waals surface area contributed by atoms with Gasteiger partial charge in [-0.05, 0) is 74.6 Å². The second-order valence-electron chi connectivity index (χ2n) is 7.71. The van der Waals surface area contributed by atoms with E-state index in [0.29, 0.717) is 22.6 Å². The molecule has 0 aromatic heterocycles. The summed E-state index contributed by atoms with van der Waals surface area (Å²) in [6.45, 7) is 1.92. The highest BCUT2D eigenvalue weighted by Gasteiger charge is 2.26. The quantitative estimate of drug-likeness (QED) is 0.783. The van der Waals surface area contributed by atoms with Crippen LogP contribution in [0.5, 0.6) is 5.75 Å². The van der Waals surface area contributed by atoms with Crippen LogP contribution in [0.2, 0.25) is 0 Å². The van der Waals surface area contributed by atoms with Gasteiger partial charge in [0.25, 0.3) is 11.8 Å². The largest absolute Gasteiger partial charge is 0.497 e. The van der Waals surface area contributed by atoms with Crippen LogP contribution in [0.15, 0.2) is 42.5 Å². The molecule has 0 unspecified atom stereocenters. The van der Waals surface area contributed by atoms with Gasteiger partial charge in [0, 0.05) is 36.1 Å². The van der Waals surface area contributed by atoms with Crippen molar-refractivity contribution in [3.63, 3.8) is 0 Å². The predicted molar refractivity (Wildman–Crippen MR) is 114 cm³/mol. The van der Waals surface area contributed by atoms with Crippen molar-refractivity contribution in [2.45, 2.75) is 38.1 Å². The Bertz CT molecular complexity index is 885. The molecule has 6 heteroatoms. The molecule has 29 heavy (non-hydrogen) atoms. The van der Waals surface area contributed by atoms with Crippen LogP contribution in [0.1, 0.15) is 52.8 Å². The van der Waals surface area contributed by atoms with Crippen molar-refractivity contribution in [2.24, 2.45) is 0 Å². The molecule has 2 aromatic carbocycles. The van der Waals surface area contributed by atoms with E-state index in [1.165, 1.54) is 6.42 Å². The molecule has 1 saturated carbocycles. The van der Waals surface area contributed by atoms with Crippen LogP contribution < -0.4 is 20.3 Å².